The molecule has 1 atom stereocenters. The Labute approximate surface area is 111 Å². The maximum Gasteiger partial charge on any atom is 0.226 e. The predicted octanol–water partition coefficient (Wildman–Crippen LogP) is 1.29. The molecule has 1 amide bonds. The third-order valence-corrected chi connectivity index (χ3v) is 4.09. The van der Waals surface area contributed by atoms with E-state index in [9.17, 15) is 9.90 Å². The van der Waals surface area contributed by atoms with E-state index < -0.39 is 0 Å². The van der Waals surface area contributed by atoms with E-state index in [0.29, 0.717) is 0 Å². The summed E-state index contributed by atoms with van der Waals surface area (Å²) in [5.41, 5.74) is -0.220. The third kappa shape index (κ3) is 3.69. The lowest BCUT2D eigenvalue weighted by molar-refractivity contribution is -0.134. The molecule has 0 radical (unpaired) electrons. The molecule has 0 saturated carbocycles. The second kappa shape index (κ2) is 7.10. The van der Waals surface area contributed by atoms with Crippen molar-refractivity contribution in [1.29, 1.82) is 0 Å². The highest BCUT2D eigenvalue weighted by Crippen LogP contribution is 2.34. The highest BCUT2D eigenvalue weighted by atomic mass is 16.3. The van der Waals surface area contributed by atoms with Crippen molar-refractivity contribution >= 4 is 5.91 Å². The average molecular weight is 256 g/mol. The number of carbonyl (C=O) groups excluding carboxylic acids is 1. The molecule has 0 aromatic carbocycles. The maximum atomic E-state index is 12.5. The summed E-state index contributed by atoms with van der Waals surface area (Å²) in [6.07, 6.45) is 3.78. The molecule has 106 valence electrons. The molecule has 1 heterocycles. The summed E-state index contributed by atoms with van der Waals surface area (Å²) in [7, 11) is 0. The van der Waals surface area contributed by atoms with Gasteiger partial charge >= 0.3 is 0 Å². The van der Waals surface area contributed by atoms with Gasteiger partial charge in [-0.2, -0.15) is 0 Å². The van der Waals surface area contributed by atoms with Crippen molar-refractivity contribution in [3.05, 3.63) is 0 Å². The zero-order chi connectivity index (χ0) is 13.6. The van der Waals surface area contributed by atoms with Crippen LogP contribution in [0, 0.1) is 11.3 Å². The first kappa shape index (κ1) is 15.4. The number of hydrogen-bond donors (Lipinski definition) is 3. The van der Waals surface area contributed by atoms with Gasteiger partial charge in [0.15, 0.2) is 0 Å². The lowest BCUT2D eigenvalue weighted by Gasteiger charge is -2.37. The molecule has 1 aliphatic heterocycles. The molecule has 1 aliphatic rings. The molecule has 1 saturated heterocycles. The van der Waals surface area contributed by atoms with Crippen molar-refractivity contribution in [2.24, 2.45) is 11.3 Å². The second-order valence-electron chi connectivity index (χ2n) is 5.79. The van der Waals surface area contributed by atoms with Gasteiger partial charge in [0.25, 0.3) is 0 Å². The van der Waals surface area contributed by atoms with Crippen LogP contribution in [0.4, 0.5) is 0 Å². The van der Waals surface area contributed by atoms with Gasteiger partial charge in [0.2, 0.25) is 5.91 Å². The minimum atomic E-state index is -0.220. The first-order valence-corrected chi connectivity index (χ1v) is 7.18. The van der Waals surface area contributed by atoms with Gasteiger partial charge < -0.3 is 15.7 Å². The summed E-state index contributed by atoms with van der Waals surface area (Å²) < 4.78 is 0. The van der Waals surface area contributed by atoms with Gasteiger partial charge in [0, 0.05) is 0 Å². The Morgan fingerprint density at radius 2 is 2.00 bits per heavy atom. The molecule has 0 aromatic rings. The fourth-order valence-electron chi connectivity index (χ4n) is 2.72. The van der Waals surface area contributed by atoms with Crippen molar-refractivity contribution < 1.29 is 9.90 Å². The van der Waals surface area contributed by atoms with Gasteiger partial charge in [0.1, 0.15) is 0 Å². The van der Waals surface area contributed by atoms with Crippen LogP contribution in [0.5, 0.6) is 0 Å². The van der Waals surface area contributed by atoms with Crippen molar-refractivity contribution in [3.63, 3.8) is 0 Å². The number of nitrogens with one attached hydrogen (secondary N) is 2. The van der Waals surface area contributed by atoms with E-state index in [0.717, 1.165) is 38.8 Å². The van der Waals surface area contributed by atoms with Crippen LogP contribution in [-0.4, -0.2) is 36.8 Å². The van der Waals surface area contributed by atoms with E-state index in [4.69, 9.17) is 0 Å². The molecule has 0 spiro atoms. The molecule has 0 aromatic heterocycles. The van der Waals surface area contributed by atoms with Gasteiger partial charge in [-0.1, -0.05) is 27.2 Å². The summed E-state index contributed by atoms with van der Waals surface area (Å²) >= 11 is 0. The molecule has 1 rings (SSSR count). The summed E-state index contributed by atoms with van der Waals surface area (Å²) in [5, 5.41) is 15.7. The lowest BCUT2D eigenvalue weighted by Crippen LogP contribution is -2.52. The standard InChI is InChI=1S/C14H28N2O2/c1-4-5-14(6-8-15-9-7-14)13(18)16-12(10-17)11(2)3/h11-12,15,17H,4-10H2,1-3H3,(H,16,18)/t12-/m1/s1. The Morgan fingerprint density at radius 3 is 2.44 bits per heavy atom. The van der Waals surface area contributed by atoms with Crippen LogP contribution in [-0.2, 0) is 4.79 Å². The van der Waals surface area contributed by atoms with Gasteiger partial charge in [-0.15, -0.1) is 0 Å². The fraction of sp³-hybridized carbons (Fsp3) is 0.929. The zero-order valence-corrected chi connectivity index (χ0v) is 12.0. The summed E-state index contributed by atoms with van der Waals surface area (Å²) in [6, 6.07) is -0.124. The van der Waals surface area contributed by atoms with Crippen LogP contribution in [0.25, 0.3) is 0 Å². The number of amides is 1. The van der Waals surface area contributed by atoms with Crippen molar-refractivity contribution in [2.75, 3.05) is 19.7 Å². The first-order valence-electron chi connectivity index (χ1n) is 7.18. The summed E-state index contributed by atoms with van der Waals surface area (Å²) in [5.74, 6) is 0.401. The normalized spacial score (nSPS) is 20.7. The van der Waals surface area contributed by atoms with Crippen LogP contribution in [0.1, 0.15) is 46.5 Å². The molecule has 3 N–H and O–H groups in total. The topological polar surface area (TPSA) is 61.4 Å². The third-order valence-electron chi connectivity index (χ3n) is 4.09. The molecule has 0 bridgehead atoms. The Hall–Kier alpha value is -0.610. The number of rotatable bonds is 6. The van der Waals surface area contributed by atoms with E-state index in [2.05, 4.69) is 17.6 Å². The zero-order valence-electron chi connectivity index (χ0n) is 12.0. The monoisotopic (exact) mass is 256 g/mol. The van der Waals surface area contributed by atoms with E-state index in [-0.39, 0.29) is 29.9 Å². The van der Waals surface area contributed by atoms with E-state index in [1.54, 1.807) is 0 Å². The Balaban J connectivity index is 2.70. The minimum absolute atomic E-state index is 0.0177. The van der Waals surface area contributed by atoms with E-state index in [1.807, 2.05) is 13.8 Å². The van der Waals surface area contributed by atoms with Crippen molar-refractivity contribution in [2.45, 2.75) is 52.5 Å². The highest BCUT2D eigenvalue weighted by molar-refractivity contribution is 5.83. The minimum Gasteiger partial charge on any atom is -0.394 e. The molecule has 4 heteroatoms. The van der Waals surface area contributed by atoms with E-state index >= 15 is 0 Å². The van der Waals surface area contributed by atoms with Crippen LogP contribution >= 0.6 is 0 Å². The molecule has 18 heavy (non-hydrogen) atoms. The summed E-state index contributed by atoms with van der Waals surface area (Å²) in [4.78, 5) is 12.5. The predicted molar refractivity (Wildman–Crippen MR) is 73.3 cm³/mol. The molecular formula is C14H28N2O2. The van der Waals surface area contributed by atoms with Crippen LogP contribution in [0.2, 0.25) is 0 Å². The molecule has 0 aliphatic carbocycles. The number of hydrogen-bond acceptors (Lipinski definition) is 3. The molecule has 0 unspecified atom stereocenters. The lowest BCUT2D eigenvalue weighted by atomic mass is 9.74. The van der Waals surface area contributed by atoms with Gasteiger partial charge in [-0.3, -0.25) is 4.79 Å². The van der Waals surface area contributed by atoms with E-state index in [1.165, 1.54) is 0 Å². The van der Waals surface area contributed by atoms with Crippen LogP contribution in [0.3, 0.4) is 0 Å². The number of aliphatic hydroxyl groups is 1. The fourth-order valence-corrected chi connectivity index (χ4v) is 2.72. The Bertz CT molecular complexity index is 255. The second-order valence-corrected chi connectivity index (χ2v) is 5.79. The van der Waals surface area contributed by atoms with Crippen molar-refractivity contribution in [3.8, 4) is 0 Å². The largest absolute Gasteiger partial charge is 0.394 e. The number of piperidine rings is 1. The molecular weight excluding hydrogens is 228 g/mol. The first-order chi connectivity index (χ1) is 8.55. The molecule has 1 fully saturated rings. The SMILES string of the molecule is CCCC1(C(=O)N[C@H](CO)C(C)C)CCNCC1. The van der Waals surface area contributed by atoms with Gasteiger partial charge in [-0.25, -0.2) is 0 Å². The Morgan fingerprint density at radius 1 is 1.39 bits per heavy atom. The highest BCUT2D eigenvalue weighted by Gasteiger charge is 2.39. The van der Waals surface area contributed by atoms with Crippen LogP contribution < -0.4 is 10.6 Å². The van der Waals surface area contributed by atoms with Crippen LogP contribution in [0.15, 0.2) is 0 Å². The van der Waals surface area contributed by atoms with Crippen molar-refractivity contribution in [1.82, 2.24) is 10.6 Å². The summed E-state index contributed by atoms with van der Waals surface area (Å²) in [6.45, 7) is 8.02. The quantitative estimate of drug-likeness (QED) is 0.671. The van der Waals surface area contributed by atoms with Gasteiger partial charge in [-0.05, 0) is 38.3 Å². The van der Waals surface area contributed by atoms with Gasteiger partial charge in [0.05, 0.1) is 18.1 Å². The maximum absolute atomic E-state index is 12.5. The number of aliphatic hydroxyl groups excluding tert-OH is 1. The Kier molecular flexibility index (Phi) is 6.09. The average Bonchev–Trinajstić information content (AvgIpc) is 2.36. The number of carbonyl (C=O) groups is 1. The smallest absolute Gasteiger partial charge is 0.226 e. The molecule has 4 nitrogen and oxygen atoms in total.